The third kappa shape index (κ3) is 9.04. The van der Waals surface area contributed by atoms with Gasteiger partial charge in [-0.15, -0.1) is 0 Å². The van der Waals surface area contributed by atoms with Gasteiger partial charge in [0.25, 0.3) is 0 Å². The van der Waals surface area contributed by atoms with Crippen LogP contribution in [0.4, 0.5) is 0 Å². The number of rotatable bonds is 9. The maximum Gasteiger partial charge on any atom is 0.338 e. The molecule has 0 bridgehead atoms. The molecule has 0 spiro atoms. The fourth-order valence-electron chi connectivity index (χ4n) is 6.85. The summed E-state index contributed by atoms with van der Waals surface area (Å²) in [6.07, 6.45) is -10.9. The molecule has 0 amide bonds. The normalized spacial score (nSPS) is 34.0. The zero-order chi connectivity index (χ0) is 36.8. The van der Waals surface area contributed by atoms with Gasteiger partial charge in [-0.2, -0.15) is 0 Å². The first-order valence-corrected chi connectivity index (χ1v) is 16.2. The molecule has 1 aliphatic carbocycles. The number of fused-ring (bicyclic) bond motifs is 1. The Morgan fingerprint density at radius 1 is 0.939 bits per heavy atom. The number of hydrogen-bond acceptors (Lipinski definition) is 14. The predicted octanol–water partition coefficient (Wildman–Crippen LogP) is 2.19. The third-order valence-corrected chi connectivity index (χ3v) is 9.10. The van der Waals surface area contributed by atoms with Gasteiger partial charge in [-0.25, -0.2) is 4.79 Å². The largest absolute Gasteiger partial charge is 0.461 e. The monoisotopic (exact) mass is 692 g/mol. The van der Waals surface area contributed by atoms with Crippen molar-refractivity contribution >= 4 is 29.8 Å². The van der Waals surface area contributed by atoms with Crippen molar-refractivity contribution in [2.45, 2.75) is 122 Å². The Kier molecular flexibility index (Phi) is 13.1. The van der Waals surface area contributed by atoms with Crippen molar-refractivity contribution in [1.29, 1.82) is 0 Å². The number of benzene rings is 1. The molecule has 1 saturated heterocycles. The van der Waals surface area contributed by atoms with Crippen molar-refractivity contribution in [3.8, 4) is 0 Å². The van der Waals surface area contributed by atoms with Gasteiger partial charge >= 0.3 is 29.8 Å². The van der Waals surface area contributed by atoms with E-state index in [2.05, 4.69) is 6.58 Å². The van der Waals surface area contributed by atoms with Crippen molar-refractivity contribution in [3.05, 3.63) is 48.0 Å². The van der Waals surface area contributed by atoms with Gasteiger partial charge in [0, 0.05) is 40.0 Å². The second-order valence-corrected chi connectivity index (χ2v) is 13.0. The Morgan fingerprint density at radius 3 is 2.02 bits per heavy atom. The Balaban J connectivity index is 2.60. The lowest BCUT2D eigenvalue weighted by Gasteiger charge is -2.57. The van der Waals surface area contributed by atoms with Crippen molar-refractivity contribution in [3.63, 3.8) is 0 Å². The van der Waals surface area contributed by atoms with Crippen LogP contribution in [0.15, 0.2) is 42.5 Å². The lowest BCUT2D eigenvalue weighted by molar-refractivity contribution is -0.274. The van der Waals surface area contributed by atoms with Crippen LogP contribution in [0.5, 0.6) is 0 Å². The second kappa shape index (κ2) is 16.2. The van der Waals surface area contributed by atoms with Gasteiger partial charge in [-0.3, -0.25) is 19.2 Å². The molecule has 1 aromatic carbocycles. The number of aliphatic hydroxyl groups excluding tert-OH is 2. The highest BCUT2D eigenvalue weighted by Gasteiger charge is 2.69. The van der Waals surface area contributed by atoms with Gasteiger partial charge in [0.1, 0.15) is 12.2 Å². The van der Waals surface area contributed by atoms with Crippen LogP contribution in [-0.2, 0) is 47.6 Å². The van der Waals surface area contributed by atoms with E-state index in [1.54, 1.807) is 25.1 Å². The summed E-state index contributed by atoms with van der Waals surface area (Å²) in [4.78, 5) is 65.5. The molecule has 49 heavy (non-hydrogen) atoms. The summed E-state index contributed by atoms with van der Waals surface area (Å²) in [5.74, 6) is -7.44. The summed E-state index contributed by atoms with van der Waals surface area (Å²) in [5.41, 5.74) is -4.50. The van der Waals surface area contributed by atoms with Crippen LogP contribution < -0.4 is 0 Å². The molecule has 2 fully saturated rings. The number of carbonyl (C=O) groups excluding carboxylic acids is 5. The molecule has 0 aromatic heterocycles. The minimum absolute atomic E-state index is 0.00919. The second-order valence-electron chi connectivity index (χ2n) is 13.0. The molecule has 11 atom stereocenters. The number of aliphatic hydroxyl groups is 3. The van der Waals surface area contributed by atoms with Gasteiger partial charge < -0.3 is 43.7 Å². The number of carbonyl (C=O) groups is 5. The first kappa shape index (κ1) is 39.6. The van der Waals surface area contributed by atoms with Crippen molar-refractivity contribution < 1.29 is 67.7 Å². The Labute approximate surface area is 285 Å². The van der Waals surface area contributed by atoms with Crippen LogP contribution in [0.1, 0.15) is 78.1 Å². The van der Waals surface area contributed by atoms with Gasteiger partial charge in [0.15, 0.2) is 17.8 Å². The third-order valence-electron chi connectivity index (χ3n) is 9.10. The molecule has 1 unspecified atom stereocenters. The molecule has 14 heteroatoms. The topological polar surface area (TPSA) is 201 Å². The van der Waals surface area contributed by atoms with E-state index in [1.807, 2.05) is 0 Å². The number of ether oxygens (including phenoxy) is 6. The zero-order valence-corrected chi connectivity index (χ0v) is 29.0. The van der Waals surface area contributed by atoms with Crippen molar-refractivity contribution in [2.24, 2.45) is 11.8 Å². The van der Waals surface area contributed by atoms with Crippen LogP contribution in [0.2, 0.25) is 0 Å². The average Bonchev–Trinajstić information content (AvgIpc) is 3.01. The molecular formula is C35H48O14. The summed E-state index contributed by atoms with van der Waals surface area (Å²) in [6.45, 7) is 12.5. The smallest absolute Gasteiger partial charge is 0.338 e. The Hall–Kier alpha value is -3.85. The number of hydrogen-bond donors (Lipinski definition) is 3. The van der Waals surface area contributed by atoms with Crippen LogP contribution in [0.3, 0.4) is 0 Å². The molecule has 0 radical (unpaired) electrons. The fourth-order valence-corrected chi connectivity index (χ4v) is 6.85. The zero-order valence-electron chi connectivity index (χ0n) is 29.0. The molecule has 272 valence electrons. The predicted molar refractivity (Wildman–Crippen MR) is 171 cm³/mol. The molecule has 2 aliphatic rings. The van der Waals surface area contributed by atoms with Crippen LogP contribution in [0.25, 0.3) is 0 Å². The van der Waals surface area contributed by atoms with Crippen molar-refractivity contribution in [1.82, 2.24) is 0 Å². The summed E-state index contributed by atoms with van der Waals surface area (Å²) < 4.78 is 35.9. The summed E-state index contributed by atoms with van der Waals surface area (Å²) in [5, 5.41) is 34.5. The molecular weight excluding hydrogens is 644 g/mol. The summed E-state index contributed by atoms with van der Waals surface area (Å²) in [7, 11) is 0. The Bertz CT molecular complexity index is 1380. The quantitative estimate of drug-likeness (QED) is 0.193. The molecule has 1 aromatic rings. The van der Waals surface area contributed by atoms with Gasteiger partial charge in [-0.1, -0.05) is 31.7 Å². The van der Waals surface area contributed by atoms with E-state index in [-0.39, 0.29) is 24.0 Å². The number of esters is 5. The van der Waals surface area contributed by atoms with Crippen LogP contribution in [0, 0.1) is 11.8 Å². The molecule has 3 N–H and O–H groups in total. The minimum atomic E-state index is -2.48. The van der Waals surface area contributed by atoms with Crippen molar-refractivity contribution in [2.75, 3.05) is 6.61 Å². The van der Waals surface area contributed by atoms with Crippen LogP contribution >= 0.6 is 0 Å². The first-order valence-electron chi connectivity index (χ1n) is 16.2. The van der Waals surface area contributed by atoms with Gasteiger partial charge in [0.2, 0.25) is 0 Å². The lowest BCUT2D eigenvalue weighted by atomic mass is 9.59. The lowest BCUT2D eigenvalue weighted by Crippen LogP contribution is -2.74. The van der Waals surface area contributed by atoms with E-state index in [9.17, 15) is 39.3 Å². The average molecular weight is 693 g/mol. The highest BCUT2D eigenvalue weighted by Crippen LogP contribution is 2.52. The van der Waals surface area contributed by atoms with Crippen LogP contribution in [-0.4, -0.2) is 106 Å². The van der Waals surface area contributed by atoms with E-state index in [1.165, 1.54) is 26.0 Å². The SMILES string of the molecule is C=C1C2[C@H](OC(C)=O)[C@H](C[C@H](O)CC)[C@@](C)(O)CO[C@@H](C)[C@H](OC(C)=O)[C@H](OC(C)=O)[C@]2(OC(=O)c2ccccc2)[C@@H](OC(C)=O)C[C@@H]1O. The van der Waals surface area contributed by atoms with E-state index in [0.29, 0.717) is 0 Å². The molecule has 3 rings (SSSR count). The highest BCUT2D eigenvalue weighted by molar-refractivity contribution is 5.90. The summed E-state index contributed by atoms with van der Waals surface area (Å²) >= 11 is 0. The van der Waals surface area contributed by atoms with Gasteiger partial charge in [0.05, 0.1) is 42.0 Å². The molecule has 1 saturated carbocycles. The standard InChI is InChI=1S/C35H48O14/c1-9-25(40)15-26-31(47-22(6)38)29-18(2)27(41)16-28(45-20(4)36)35(29,49-33(42)24-13-11-10-12-14-24)32(48-23(7)39)30(46-21(5)37)19(3)44-17-34(26,8)43/h10-14,19,25-32,40-41,43H,2,9,15-17H2,1,3-8H3/t19-,25+,26-,27-,28-,29?,30-,31+,32-,34-,35-/m0/s1. The molecule has 1 aliphatic heterocycles. The maximum atomic E-state index is 14.2. The van der Waals surface area contributed by atoms with E-state index < -0.39 is 109 Å². The molecule has 1 heterocycles. The van der Waals surface area contributed by atoms with Gasteiger partial charge in [-0.05, 0) is 44.4 Å². The van der Waals surface area contributed by atoms with E-state index in [4.69, 9.17) is 28.4 Å². The fraction of sp³-hybridized carbons (Fsp3) is 0.629. The molecule has 14 nitrogen and oxygen atoms in total. The highest BCUT2D eigenvalue weighted by atomic mass is 16.6. The summed E-state index contributed by atoms with van der Waals surface area (Å²) in [6, 6.07) is 7.66. The Morgan fingerprint density at radius 2 is 1.49 bits per heavy atom. The van der Waals surface area contributed by atoms with E-state index in [0.717, 1.165) is 27.7 Å². The first-order chi connectivity index (χ1) is 22.8. The maximum absolute atomic E-state index is 14.2. The van der Waals surface area contributed by atoms with E-state index >= 15 is 0 Å². The minimum Gasteiger partial charge on any atom is -0.461 e.